The number of aliphatic hydroxyl groups is 1. The fourth-order valence-corrected chi connectivity index (χ4v) is 3.34. The van der Waals surface area contributed by atoms with Crippen LogP contribution in [0.2, 0.25) is 0 Å². The highest BCUT2D eigenvalue weighted by molar-refractivity contribution is 5.63. The van der Waals surface area contributed by atoms with Crippen molar-refractivity contribution in [2.24, 2.45) is 5.92 Å². The number of ether oxygens (including phenoxy) is 1. The van der Waals surface area contributed by atoms with E-state index in [1.807, 2.05) is 30.3 Å². The van der Waals surface area contributed by atoms with Crippen LogP contribution in [0.25, 0.3) is 11.1 Å². The molecule has 0 aliphatic carbocycles. The zero-order valence-corrected chi connectivity index (χ0v) is 13.4. The smallest absolute Gasteiger partial charge is 0.125 e. The lowest BCUT2D eigenvalue weighted by Gasteiger charge is -2.30. The van der Waals surface area contributed by atoms with Crippen LogP contribution in [0.4, 0.5) is 0 Å². The van der Waals surface area contributed by atoms with Gasteiger partial charge in [0.25, 0.3) is 0 Å². The Balaban J connectivity index is 1.50. The molecule has 2 nitrogen and oxygen atoms in total. The van der Waals surface area contributed by atoms with E-state index in [0.717, 1.165) is 17.7 Å². The van der Waals surface area contributed by atoms with E-state index in [0.29, 0.717) is 6.61 Å². The fraction of sp³-hybridized carbons (Fsp3) is 0.182. The monoisotopic (exact) mass is 316 g/mol. The summed E-state index contributed by atoms with van der Waals surface area (Å²) in [5.74, 6) is 0.892. The van der Waals surface area contributed by atoms with E-state index in [1.165, 1.54) is 16.7 Å². The van der Waals surface area contributed by atoms with Gasteiger partial charge in [-0.1, -0.05) is 72.8 Å². The minimum Gasteiger partial charge on any atom is -0.493 e. The van der Waals surface area contributed by atoms with Crippen LogP contribution in [0.15, 0.2) is 78.9 Å². The van der Waals surface area contributed by atoms with Crippen LogP contribution in [-0.2, 0) is 6.42 Å². The number of benzene rings is 3. The van der Waals surface area contributed by atoms with E-state index in [-0.39, 0.29) is 5.92 Å². The van der Waals surface area contributed by atoms with Gasteiger partial charge in [-0.2, -0.15) is 0 Å². The van der Waals surface area contributed by atoms with Gasteiger partial charge in [0.15, 0.2) is 0 Å². The lowest BCUT2D eigenvalue weighted by molar-refractivity contribution is 0.0508. The summed E-state index contributed by atoms with van der Waals surface area (Å²) >= 11 is 0. The van der Waals surface area contributed by atoms with Crippen molar-refractivity contribution in [2.75, 3.05) is 6.61 Å². The van der Waals surface area contributed by atoms with Crippen molar-refractivity contribution >= 4 is 0 Å². The molecule has 3 aromatic rings. The first-order chi connectivity index (χ1) is 11.8. The molecule has 1 heterocycles. The maximum Gasteiger partial charge on any atom is 0.125 e. The van der Waals surface area contributed by atoms with Crippen molar-refractivity contribution in [3.05, 3.63) is 90.0 Å². The number of hydrogen-bond donors (Lipinski definition) is 1. The fourth-order valence-electron chi connectivity index (χ4n) is 3.34. The van der Waals surface area contributed by atoms with E-state index in [1.54, 1.807) is 0 Å². The zero-order chi connectivity index (χ0) is 16.4. The van der Waals surface area contributed by atoms with Gasteiger partial charge < -0.3 is 9.84 Å². The maximum absolute atomic E-state index is 10.6. The highest BCUT2D eigenvalue weighted by atomic mass is 16.5. The highest BCUT2D eigenvalue weighted by Gasteiger charge is 2.29. The van der Waals surface area contributed by atoms with Gasteiger partial charge in [-0.3, -0.25) is 0 Å². The van der Waals surface area contributed by atoms with E-state index < -0.39 is 6.10 Å². The molecule has 0 amide bonds. The number of hydrogen-bond acceptors (Lipinski definition) is 2. The summed E-state index contributed by atoms with van der Waals surface area (Å²) < 4.78 is 5.81. The molecule has 0 aromatic heterocycles. The molecule has 2 heteroatoms. The van der Waals surface area contributed by atoms with Gasteiger partial charge in [0.2, 0.25) is 0 Å². The molecule has 0 saturated heterocycles. The standard InChI is InChI=1S/C22H20O2/c23-22-19(15-24-21-9-5-4-8-20(21)22)14-16-10-12-18(13-11-16)17-6-2-1-3-7-17/h1-13,19,22-23H,14-15H2/t19-,22+/m0/s1. The van der Waals surface area contributed by atoms with Crippen LogP contribution in [-0.4, -0.2) is 11.7 Å². The molecular weight excluding hydrogens is 296 g/mol. The van der Waals surface area contributed by atoms with Gasteiger partial charge in [-0.05, 0) is 29.2 Å². The van der Waals surface area contributed by atoms with Crippen LogP contribution in [0, 0.1) is 5.92 Å². The third-order valence-electron chi connectivity index (χ3n) is 4.70. The normalized spacial score (nSPS) is 19.4. The van der Waals surface area contributed by atoms with Gasteiger partial charge in [0.1, 0.15) is 5.75 Å². The maximum atomic E-state index is 10.6. The van der Waals surface area contributed by atoms with E-state index in [2.05, 4.69) is 48.5 Å². The van der Waals surface area contributed by atoms with Crippen LogP contribution in [0.3, 0.4) is 0 Å². The molecule has 1 aliphatic rings. The van der Waals surface area contributed by atoms with Gasteiger partial charge in [-0.15, -0.1) is 0 Å². The lowest BCUT2D eigenvalue weighted by Crippen LogP contribution is -2.27. The first kappa shape index (κ1) is 15.0. The first-order valence-electron chi connectivity index (χ1n) is 8.35. The molecule has 0 saturated carbocycles. The van der Waals surface area contributed by atoms with E-state index >= 15 is 0 Å². The lowest BCUT2D eigenvalue weighted by atomic mass is 9.88. The van der Waals surface area contributed by atoms with E-state index in [4.69, 9.17) is 4.74 Å². The van der Waals surface area contributed by atoms with E-state index in [9.17, 15) is 5.11 Å². The van der Waals surface area contributed by atoms with Crippen LogP contribution in [0.1, 0.15) is 17.2 Å². The minimum absolute atomic E-state index is 0.0856. The van der Waals surface area contributed by atoms with Crippen molar-refractivity contribution < 1.29 is 9.84 Å². The van der Waals surface area contributed by atoms with Crippen molar-refractivity contribution in [3.8, 4) is 16.9 Å². The number of aliphatic hydroxyl groups excluding tert-OH is 1. The van der Waals surface area contributed by atoms with Crippen molar-refractivity contribution in [3.63, 3.8) is 0 Å². The first-order valence-corrected chi connectivity index (χ1v) is 8.35. The summed E-state index contributed by atoms with van der Waals surface area (Å²) in [5.41, 5.74) is 4.56. The Morgan fingerprint density at radius 3 is 2.25 bits per heavy atom. The predicted molar refractivity (Wildman–Crippen MR) is 96.0 cm³/mol. The summed E-state index contributed by atoms with van der Waals surface area (Å²) in [7, 11) is 0. The van der Waals surface area contributed by atoms with Crippen molar-refractivity contribution in [2.45, 2.75) is 12.5 Å². The third-order valence-corrected chi connectivity index (χ3v) is 4.70. The number of fused-ring (bicyclic) bond motifs is 1. The van der Waals surface area contributed by atoms with Crippen LogP contribution in [0.5, 0.6) is 5.75 Å². The van der Waals surface area contributed by atoms with Gasteiger partial charge >= 0.3 is 0 Å². The number of para-hydroxylation sites is 1. The molecule has 3 aromatic carbocycles. The number of rotatable bonds is 3. The molecule has 1 N–H and O–H groups in total. The summed E-state index contributed by atoms with van der Waals surface area (Å²) in [6, 6.07) is 26.7. The zero-order valence-electron chi connectivity index (χ0n) is 13.4. The van der Waals surface area contributed by atoms with Crippen LogP contribution < -0.4 is 4.74 Å². The Morgan fingerprint density at radius 2 is 1.46 bits per heavy atom. The molecular formula is C22H20O2. The van der Waals surface area contributed by atoms with Gasteiger partial charge in [-0.25, -0.2) is 0 Å². The molecule has 0 spiro atoms. The van der Waals surface area contributed by atoms with Crippen LogP contribution >= 0.6 is 0 Å². The van der Waals surface area contributed by atoms with Crippen molar-refractivity contribution in [1.29, 1.82) is 0 Å². The molecule has 4 rings (SSSR count). The predicted octanol–water partition coefficient (Wildman–Crippen LogP) is 4.64. The molecule has 0 radical (unpaired) electrons. The Hall–Kier alpha value is -2.58. The topological polar surface area (TPSA) is 29.5 Å². The molecule has 120 valence electrons. The molecule has 2 atom stereocenters. The average Bonchev–Trinajstić information content (AvgIpc) is 2.66. The average molecular weight is 316 g/mol. The Labute approximate surface area is 142 Å². The Bertz CT molecular complexity index is 809. The second kappa shape index (κ2) is 6.50. The molecule has 24 heavy (non-hydrogen) atoms. The third kappa shape index (κ3) is 2.93. The van der Waals surface area contributed by atoms with Crippen molar-refractivity contribution in [1.82, 2.24) is 0 Å². The quantitative estimate of drug-likeness (QED) is 0.763. The SMILES string of the molecule is O[C@H]1c2ccccc2OC[C@@H]1Cc1ccc(-c2ccccc2)cc1. The minimum atomic E-state index is -0.469. The summed E-state index contributed by atoms with van der Waals surface area (Å²) in [5, 5.41) is 10.6. The molecule has 0 unspecified atom stereocenters. The van der Waals surface area contributed by atoms with Gasteiger partial charge in [0, 0.05) is 11.5 Å². The largest absolute Gasteiger partial charge is 0.493 e. The molecule has 0 fully saturated rings. The van der Waals surface area contributed by atoms with Gasteiger partial charge in [0.05, 0.1) is 12.7 Å². The Kier molecular flexibility index (Phi) is 4.06. The second-order valence-corrected chi connectivity index (χ2v) is 6.32. The second-order valence-electron chi connectivity index (χ2n) is 6.32. The molecule has 0 bridgehead atoms. The highest BCUT2D eigenvalue weighted by Crippen LogP contribution is 2.36. The summed E-state index contributed by atoms with van der Waals surface area (Å²) in [4.78, 5) is 0. The molecule has 1 aliphatic heterocycles. The summed E-state index contributed by atoms with van der Waals surface area (Å²) in [6.07, 6.45) is 0.341. The Morgan fingerprint density at radius 1 is 0.792 bits per heavy atom. The summed E-state index contributed by atoms with van der Waals surface area (Å²) in [6.45, 7) is 0.554.